The Morgan fingerprint density at radius 2 is 1.94 bits per heavy atom. The smallest absolute Gasteiger partial charge is 0.229 e. The third-order valence-corrected chi connectivity index (χ3v) is 5.05. The van der Waals surface area contributed by atoms with Crippen molar-refractivity contribution in [2.24, 2.45) is 5.73 Å². The zero-order chi connectivity index (χ0) is 22.0. The number of rotatable bonds is 5. The zero-order valence-electron chi connectivity index (χ0n) is 17.0. The van der Waals surface area contributed by atoms with Crippen LogP contribution >= 0.6 is 0 Å². The topological polar surface area (TPSA) is 119 Å². The van der Waals surface area contributed by atoms with Crippen LogP contribution in [0, 0.1) is 29.6 Å². The van der Waals surface area contributed by atoms with Crippen molar-refractivity contribution >= 4 is 0 Å². The highest BCUT2D eigenvalue weighted by Crippen LogP contribution is 2.46. The molecular formula is C23H19N5O3. The van der Waals surface area contributed by atoms with E-state index in [0.717, 1.165) is 16.8 Å². The highest BCUT2D eigenvalue weighted by molar-refractivity contribution is 5.59. The lowest BCUT2D eigenvalue weighted by molar-refractivity contribution is 0.329. The summed E-state index contributed by atoms with van der Waals surface area (Å²) in [5.41, 5.74) is 9.49. The molecule has 1 atom stereocenters. The summed E-state index contributed by atoms with van der Waals surface area (Å²) in [5, 5.41) is 23.3. The van der Waals surface area contributed by atoms with Crippen LogP contribution in [-0.2, 0) is 0 Å². The van der Waals surface area contributed by atoms with Crippen LogP contribution in [0.5, 0.6) is 17.4 Å². The Morgan fingerprint density at radius 1 is 1.16 bits per heavy atom. The molecule has 0 saturated heterocycles. The second kappa shape index (κ2) is 8.13. The summed E-state index contributed by atoms with van der Waals surface area (Å²) >= 11 is 0. The van der Waals surface area contributed by atoms with Crippen molar-refractivity contribution < 1.29 is 14.2 Å². The molecule has 2 N–H and O–H groups in total. The van der Waals surface area contributed by atoms with Crippen LogP contribution in [0.25, 0.3) is 5.69 Å². The summed E-state index contributed by atoms with van der Waals surface area (Å²) in [7, 11) is 1.52. The molecule has 0 aliphatic carbocycles. The van der Waals surface area contributed by atoms with E-state index in [0.29, 0.717) is 23.1 Å². The fraction of sp³-hybridized carbons (Fsp3) is 0.174. The number of nitrogens with two attached hydrogens (primary N) is 1. The van der Waals surface area contributed by atoms with Crippen LogP contribution in [0.3, 0.4) is 0 Å². The molecule has 0 amide bonds. The minimum Gasteiger partial charge on any atom is -0.493 e. The molecule has 4 rings (SSSR count). The fourth-order valence-electron chi connectivity index (χ4n) is 3.68. The third kappa shape index (κ3) is 3.41. The molecule has 0 radical (unpaired) electrons. The third-order valence-electron chi connectivity index (χ3n) is 5.05. The van der Waals surface area contributed by atoms with E-state index in [1.54, 1.807) is 16.8 Å². The predicted octanol–water partition coefficient (Wildman–Crippen LogP) is 3.31. The van der Waals surface area contributed by atoms with Gasteiger partial charge in [-0.15, -0.1) is 0 Å². The Balaban J connectivity index is 1.89. The van der Waals surface area contributed by atoms with E-state index >= 15 is 0 Å². The molecule has 0 saturated carbocycles. The number of fused-ring (bicyclic) bond motifs is 1. The SMILES string of the molecule is COc1cc([C@H]2C(C#N)=C(N)Oc3c2c(C)nn3-c2ccccc2)ccc1OCC#N. The van der Waals surface area contributed by atoms with Gasteiger partial charge in [0.2, 0.25) is 11.8 Å². The van der Waals surface area contributed by atoms with Gasteiger partial charge in [0, 0.05) is 0 Å². The predicted molar refractivity (Wildman–Crippen MR) is 112 cm³/mol. The van der Waals surface area contributed by atoms with E-state index in [9.17, 15) is 5.26 Å². The van der Waals surface area contributed by atoms with E-state index in [-0.39, 0.29) is 18.1 Å². The lowest BCUT2D eigenvalue weighted by Gasteiger charge is -2.25. The number of aryl methyl sites for hydroxylation is 1. The van der Waals surface area contributed by atoms with Gasteiger partial charge in [0.25, 0.3) is 0 Å². The van der Waals surface area contributed by atoms with Crippen molar-refractivity contribution in [2.75, 3.05) is 13.7 Å². The van der Waals surface area contributed by atoms with Crippen LogP contribution in [0.4, 0.5) is 0 Å². The average Bonchev–Trinajstić information content (AvgIpc) is 3.13. The number of benzene rings is 2. The number of aromatic nitrogens is 2. The molecule has 0 unspecified atom stereocenters. The van der Waals surface area contributed by atoms with Gasteiger partial charge in [-0.25, -0.2) is 4.68 Å². The summed E-state index contributed by atoms with van der Waals surface area (Å²) in [6, 6.07) is 19.0. The first-order valence-corrected chi connectivity index (χ1v) is 9.49. The van der Waals surface area contributed by atoms with Crippen molar-refractivity contribution in [2.45, 2.75) is 12.8 Å². The van der Waals surface area contributed by atoms with E-state index in [1.807, 2.05) is 49.4 Å². The van der Waals surface area contributed by atoms with Gasteiger partial charge in [-0.2, -0.15) is 15.6 Å². The van der Waals surface area contributed by atoms with Crippen molar-refractivity contribution in [3.05, 3.63) is 76.8 Å². The largest absolute Gasteiger partial charge is 0.493 e. The first-order chi connectivity index (χ1) is 15.1. The Morgan fingerprint density at radius 3 is 2.61 bits per heavy atom. The first kappa shape index (κ1) is 19.9. The maximum absolute atomic E-state index is 9.84. The quantitative estimate of drug-likeness (QED) is 0.681. The number of nitrogens with zero attached hydrogens (tertiary/aromatic N) is 4. The molecule has 154 valence electrons. The summed E-state index contributed by atoms with van der Waals surface area (Å²) in [4.78, 5) is 0. The second-order valence-electron chi connectivity index (χ2n) is 6.83. The summed E-state index contributed by atoms with van der Waals surface area (Å²) < 4.78 is 18.4. The molecule has 0 spiro atoms. The van der Waals surface area contributed by atoms with Gasteiger partial charge in [-0.3, -0.25) is 0 Å². The fourth-order valence-corrected chi connectivity index (χ4v) is 3.68. The number of methoxy groups -OCH3 is 1. The Bertz CT molecular complexity index is 1250. The summed E-state index contributed by atoms with van der Waals surface area (Å²) in [5.74, 6) is 0.886. The summed E-state index contributed by atoms with van der Waals surface area (Å²) in [6.45, 7) is 1.77. The van der Waals surface area contributed by atoms with Gasteiger partial charge in [0.05, 0.1) is 30.0 Å². The van der Waals surface area contributed by atoms with Gasteiger partial charge >= 0.3 is 0 Å². The van der Waals surface area contributed by atoms with Crippen molar-refractivity contribution in [3.63, 3.8) is 0 Å². The Labute approximate surface area is 179 Å². The first-order valence-electron chi connectivity index (χ1n) is 9.49. The lowest BCUT2D eigenvalue weighted by Crippen LogP contribution is -2.22. The molecule has 1 aliphatic heterocycles. The minimum absolute atomic E-state index is 0.0286. The van der Waals surface area contributed by atoms with Crippen LogP contribution in [0.2, 0.25) is 0 Å². The van der Waals surface area contributed by atoms with Crippen LogP contribution in [0.15, 0.2) is 60.0 Å². The standard InChI is InChI=1S/C23H19N5O3/c1-14-20-21(15-8-9-18(30-11-10-24)19(12-15)29-2)17(13-25)22(26)31-23(20)28(27-14)16-6-4-3-5-7-16/h3-9,12,21H,11,26H2,1-2H3/t21-/m0/s1. The van der Waals surface area contributed by atoms with Crippen molar-refractivity contribution in [1.82, 2.24) is 9.78 Å². The Hall–Kier alpha value is -4.43. The average molecular weight is 413 g/mol. The summed E-state index contributed by atoms with van der Waals surface area (Å²) in [6.07, 6.45) is 0. The van der Waals surface area contributed by atoms with Crippen LogP contribution < -0.4 is 19.9 Å². The maximum atomic E-state index is 9.84. The molecule has 1 aliphatic rings. The molecule has 31 heavy (non-hydrogen) atoms. The molecule has 2 heterocycles. The molecule has 1 aromatic heterocycles. The molecule has 8 nitrogen and oxygen atoms in total. The molecule has 8 heteroatoms. The highest BCUT2D eigenvalue weighted by atomic mass is 16.5. The molecular weight excluding hydrogens is 394 g/mol. The van der Waals surface area contributed by atoms with E-state index in [4.69, 9.17) is 25.2 Å². The van der Waals surface area contributed by atoms with Gasteiger partial charge in [0.15, 0.2) is 18.1 Å². The highest BCUT2D eigenvalue weighted by Gasteiger charge is 2.36. The monoisotopic (exact) mass is 413 g/mol. The molecule has 0 bridgehead atoms. The van der Waals surface area contributed by atoms with Crippen molar-refractivity contribution in [3.8, 4) is 35.2 Å². The van der Waals surface area contributed by atoms with E-state index < -0.39 is 5.92 Å². The molecule has 0 fully saturated rings. The second-order valence-corrected chi connectivity index (χ2v) is 6.83. The molecule has 2 aromatic carbocycles. The van der Waals surface area contributed by atoms with E-state index in [2.05, 4.69) is 11.2 Å². The Kier molecular flexibility index (Phi) is 5.21. The van der Waals surface area contributed by atoms with E-state index in [1.165, 1.54) is 7.11 Å². The zero-order valence-corrected chi connectivity index (χ0v) is 17.0. The maximum Gasteiger partial charge on any atom is 0.229 e. The van der Waals surface area contributed by atoms with Crippen LogP contribution in [0.1, 0.15) is 22.7 Å². The number of hydrogen-bond acceptors (Lipinski definition) is 7. The lowest BCUT2D eigenvalue weighted by atomic mass is 9.84. The minimum atomic E-state index is -0.495. The molecule has 3 aromatic rings. The number of nitriles is 2. The van der Waals surface area contributed by atoms with Crippen LogP contribution in [-0.4, -0.2) is 23.5 Å². The number of allylic oxidation sites excluding steroid dienone is 1. The van der Waals surface area contributed by atoms with Crippen molar-refractivity contribution in [1.29, 1.82) is 10.5 Å². The number of para-hydroxylation sites is 1. The number of hydrogen-bond donors (Lipinski definition) is 1. The van der Waals surface area contributed by atoms with Gasteiger partial charge in [-0.05, 0) is 36.8 Å². The number of ether oxygens (including phenoxy) is 3. The normalized spacial score (nSPS) is 14.8. The van der Waals surface area contributed by atoms with Gasteiger partial charge in [-0.1, -0.05) is 24.3 Å². The van der Waals surface area contributed by atoms with Gasteiger partial charge < -0.3 is 19.9 Å². The van der Waals surface area contributed by atoms with Gasteiger partial charge in [0.1, 0.15) is 17.7 Å².